The Morgan fingerprint density at radius 2 is 1.94 bits per heavy atom. The minimum absolute atomic E-state index is 0.00874. The summed E-state index contributed by atoms with van der Waals surface area (Å²) in [6.45, 7) is 5.41. The number of hydrogen-bond donors (Lipinski definition) is 0. The Balaban J connectivity index is 1.88. The van der Waals surface area contributed by atoms with Gasteiger partial charge in [-0.1, -0.05) is 12.8 Å². The Hall–Kier alpha value is -0.570. The summed E-state index contributed by atoms with van der Waals surface area (Å²) in [5.74, 6) is 0.788. The molecule has 0 unspecified atom stereocenters. The van der Waals surface area contributed by atoms with Gasteiger partial charge in [0.2, 0.25) is 0 Å². The third-order valence-electron chi connectivity index (χ3n) is 4.06. The lowest BCUT2D eigenvalue weighted by molar-refractivity contribution is -0.150. The van der Waals surface area contributed by atoms with Crippen LogP contribution in [0.4, 0.5) is 0 Å². The quantitative estimate of drug-likeness (QED) is 0.709. The van der Waals surface area contributed by atoms with E-state index in [4.69, 9.17) is 4.74 Å². The van der Waals surface area contributed by atoms with Crippen molar-refractivity contribution in [3.05, 3.63) is 0 Å². The van der Waals surface area contributed by atoms with Gasteiger partial charge in [0, 0.05) is 6.04 Å². The van der Waals surface area contributed by atoms with Crippen molar-refractivity contribution in [3.8, 4) is 0 Å². The van der Waals surface area contributed by atoms with Gasteiger partial charge in [-0.25, -0.2) is 0 Å². The maximum Gasteiger partial charge on any atom is 0.320 e. The summed E-state index contributed by atoms with van der Waals surface area (Å²) in [7, 11) is 0. The van der Waals surface area contributed by atoms with E-state index in [9.17, 15) is 4.79 Å². The van der Waals surface area contributed by atoms with E-state index in [0.717, 1.165) is 12.5 Å². The van der Waals surface area contributed by atoms with Crippen molar-refractivity contribution in [1.82, 2.24) is 4.90 Å². The molecule has 2 atom stereocenters. The van der Waals surface area contributed by atoms with E-state index in [1.54, 1.807) is 0 Å². The van der Waals surface area contributed by atoms with E-state index in [2.05, 4.69) is 4.90 Å². The van der Waals surface area contributed by atoms with Gasteiger partial charge in [-0.3, -0.25) is 9.69 Å². The summed E-state index contributed by atoms with van der Waals surface area (Å²) >= 11 is 0. The van der Waals surface area contributed by atoms with Gasteiger partial charge in [-0.15, -0.1) is 0 Å². The van der Waals surface area contributed by atoms with E-state index in [0.29, 0.717) is 12.6 Å². The number of esters is 1. The Morgan fingerprint density at radius 3 is 2.71 bits per heavy atom. The molecule has 0 radical (unpaired) electrons. The molecule has 1 saturated heterocycles. The van der Waals surface area contributed by atoms with Gasteiger partial charge in [-0.2, -0.15) is 0 Å². The van der Waals surface area contributed by atoms with Crippen LogP contribution >= 0.6 is 0 Å². The number of hydrogen-bond acceptors (Lipinski definition) is 3. The summed E-state index contributed by atoms with van der Waals surface area (Å²) in [4.78, 5) is 14.1. The van der Waals surface area contributed by atoms with Gasteiger partial charge in [0.15, 0.2) is 0 Å². The van der Waals surface area contributed by atoms with Crippen LogP contribution < -0.4 is 0 Å². The SMILES string of the molecule is CC(C)OC(=O)CN1CCC[C@H]2CCCC[C@H]21. The third kappa shape index (κ3) is 3.44. The van der Waals surface area contributed by atoms with E-state index in [1.807, 2.05) is 13.8 Å². The Morgan fingerprint density at radius 1 is 1.24 bits per heavy atom. The first-order valence-electron chi connectivity index (χ1n) is 7.10. The molecule has 0 bridgehead atoms. The molecule has 1 heterocycles. The van der Waals surface area contributed by atoms with Crippen LogP contribution in [-0.2, 0) is 9.53 Å². The van der Waals surface area contributed by atoms with Gasteiger partial charge in [0.05, 0.1) is 12.6 Å². The summed E-state index contributed by atoms with van der Waals surface area (Å²) in [5, 5.41) is 0. The standard InChI is InChI=1S/C14H25NO2/c1-11(2)17-14(16)10-15-9-5-7-12-6-3-4-8-13(12)15/h11-13H,3-10H2,1-2H3/t12-,13-/m1/s1. The van der Waals surface area contributed by atoms with Crippen LogP contribution in [0.5, 0.6) is 0 Å². The molecule has 3 heteroatoms. The van der Waals surface area contributed by atoms with Gasteiger partial charge in [0.25, 0.3) is 0 Å². The highest BCUT2D eigenvalue weighted by Gasteiger charge is 2.34. The summed E-state index contributed by atoms with van der Waals surface area (Å²) in [5.41, 5.74) is 0. The van der Waals surface area contributed by atoms with Crippen LogP contribution in [0.15, 0.2) is 0 Å². The molecule has 1 aliphatic heterocycles. The molecule has 0 N–H and O–H groups in total. The normalized spacial score (nSPS) is 30.1. The van der Waals surface area contributed by atoms with E-state index in [1.165, 1.54) is 38.5 Å². The smallest absolute Gasteiger partial charge is 0.320 e. The Labute approximate surface area is 105 Å². The van der Waals surface area contributed by atoms with Crippen molar-refractivity contribution in [2.24, 2.45) is 5.92 Å². The average Bonchev–Trinajstić information content (AvgIpc) is 2.28. The lowest BCUT2D eigenvalue weighted by Crippen LogP contribution is -2.49. The Bertz CT molecular complexity index is 263. The van der Waals surface area contributed by atoms with Gasteiger partial charge < -0.3 is 4.74 Å². The number of piperidine rings is 1. The number of rotatable bonds is 3. The highest BCUT2D eigenvalue weighted by atomic mass is 16.5. The number of nitrogens with zero attached hydrogens (tertiary/aromatic N) is 1. The van der Waals surface area contributed by atoms with Crippen molar-refractivity contribution in [1.29, 1.82) is 0 Å². The van der Waals surface area contributed by atoms with Crippen LogP contribution in [0, 0.1) is 5.92 Å². The zero-order valence-corrected chi connectivity index (χ0v) is 11.2. The van der Waals surface area contributed by atoms with Crippen molar-refractivity contribution in [3.63, 3.8) is 0 Å². The van der Waals surface area contributed by atoms with Crippen LogP contribution in [0.25, 0.3) is 0 Å². The maximum atomic E-state index is 11.7. The lowest BCUT2D eigenvalue weighted by atomic mass is 9.78. The highest BCUT2D eigenvalue weighted by molar-refractivity contribution is 5.71. The average molecular weight is 239 g/mol. The maximum absolute atomic E-state index is 11.7. The fourth-order valence-electron chi connectivity index (χ4n) is 3.39. The summed E-state index contributed by atoms with van der Waals surface area (Å²) in [6, 6.07) is 0.650. The van der Waals surface area contributed by atoms with Crippen LogP contribution in [-0.4, -0.2) is 36.1 Å². The van der Waals surface area contributed by atoms with Crippen molar-refractivity contribution in [2.75, 3.05) is 13.1 Å². The van der Waals surface area contributed by atoms with Crippen LogP contribution in [0.3, 0.4) is 0 Å². The molecule has 0 amide bonds. The highest BCUT2D eigenvalue weighted by Crippen LogP contribution is 2.34. The van der Waals surface area contributed by atoms with Crippen molar-refractivity contribution < 1.29 is 9.53 Å². The molecule has 98 valence electrons. The topological polar surface area (TPSA) is 29.5 Å². The summed E-state index contributed by atoms with van der Waals surface area (Å²) < 4.78 is 5.25. The van der Waals surface area contributed by atoms with E-state index >= 15 is 0 Å². The molecule has 2 fully saturated rings. The molecule has 0 aromatic heterocycles. The zero-order valence-electron chi connectivity index (χ0n) is 11.2. The molecular weight excluding hydrogens is 214 g/mol. The van der Waals surface area contributed by atoms with Gasteiger partial charge in [0.1, 0.15) is 0 Å². The molecular formula is C14H25NO2. The van der Waals surface area contributed by atoms with Crippen LogP contribution in [0.2, 0.25) is 0 Å². The van der Waals surface area contributed by atoms with Gasteiger partial charge >= 0.3 is 5.97 Å². The molecule has 17 heavy (non-hydrogen) atoms. The molecule has 2 aliphatic rings. The Kier molecular flexibility index (Phi) is 4.43. The minimum Gasteiger partial charge on any atom is -0.462 e. The molecule has 3 nitrogen and oxygen atoms in total. The van der Waals surface area contributed by atoms with E-state index in [-0.39, 0.29) is 12.1 Å². The second kappa shape index (κ2) is 5.85. The largest absolute Gasteiger partial charge is 0.462 e. The minimum atomic E-state index is -0.0498. The number of carbonyl (C=O) groups excluding carboxylic acids is 1. The first kappa shape index (κ1) is 12.9. The zero-order chi connectivity index (χ0) is 12.3. The molecule has 1 aliphatic carbocycles. The number of likely N-dealkylation sites (tertiary alicyclic amines) is 1. The molecule has 0 aromatic carbocycles. The molecule has 0 aromatic rings. The molecule has 1 saturated carbocycles. The summed E-state index contributed by atoms with van der Waals surface area (Å²) in [6.07, 6.45) is 7.97. The molecule has 2 rings (SSSR count). The van der Waals surface area contributed by atoms with Crippen LogP contribution in [0.1, 0.15) is 52.4 Å². The fraction of sp³-hybridized carbons (Fsp3) is 0.929. The fourth-order valence-corrected chi connectivity index (χ4v) is 3.39. The first-order valence-corrected chi connectivity index (χ1v) is 7.10. The van der Waals surface area contributed by atoms with Gasteiger partial charge in [-0.05, 0) is 52.0 Å². The lowest BCUT2D eigenvalue weighted by Gasteiger charge is -2.43. The second-order valence-electron chi connectivity index (χ2n) is 5.76. The predicted octanol–water partition coefficient (Wildman–Crippen LogP) is 2.59. The second-order valence-corrected chi connectivity index (χ2v) is 5.76. The number of ether oxygens (including phenoxy) is 1. The number of fused-ring (bicyclic) bond motifs is 1. The third-order valence-corrected chi connectivity index (χ3v) is 4.06. The number of carbonyl (C=O) groups is 1. The molecule has 0 spiro atoms. The van der Waals surface area contributed by atoms with Crippen molar-refractivity contribution in [2.45, 2.75) is 64.5 Å². The first-order chi connectivity index (χ1) is 8.16. The van der Waals surface area contributed by atoms with Crippen molar-refractivity contribution >= 4 is 5.97 Å². The predicted molar refractivity (Wildman–Crippen MR) is 67.8 cm³/mol. The van der Waals surface area contributed by atoms with E-state index < -0.39 is 0 Å². The monoisotopic (exact) mass is 239 g/mol.